The molecule has 0 spiro atoms. The van der Waals surface area contributed by atoms with Gasteiger partial charge in [-0.2, -0.15) is 0 Å². The van der Waals surface area contributed by atoms with Gasteiger partial charge in [0.1, 0.15) is 5.82 Å². The summed E-state index contributed by atoms with van der Waals surface area (Å²) in [6.07, 6.45) is 3.52. The molecular weight excluding hydrogens is 243 g/mol. The third kappa shape index (κ3) is 3.91. The lowest BCUT2D eigenvalue weighted by Crippen LogP contribution is -2.34. The van der Waals surface area contributed by atoms with Gasteiger partial charge in [0.15, 0.2) is 0 Å². The number of anilines is 1. The zero-order valence-electron chi connectivity index (χ0n) is 11.5. The molecule has 0 amide bonds. The molecule has 0 aliphatic carbocycles. The van der Waals surface area contributed by atoms with Crippen molar-refractivity contribution in [2.24, 2.45) is 5.73 Å². The summed E-state index contributed by atoms with van der Waals surface area (Å²) in [4.78, 5) is 2.06. The van der Waals surface area contributed by atoms with E-state index in [1.165, 1.54) is 6.07 Å². The van der Waals surface area contributed by atoms with Crippen LogP contribution >= 0.6 is 0 Å². The molecule has 0 saturated carbocycles. The average molecular weight is 266 g/mol. The molecule has 0 bridgehead atoms. The highest BCUT2D eigenvalue weighted by atomic mass is 19.1. The minimum absolute atomic E-state index is 0.175. The van der Waals surface area contributed by atoms with E-state index in [1.807, 2.05) is 12.1 Å². The fraction of sp³-hybridized carbons (Fsp3) is 0.600. The smallest absolute Gasteiger partial charge is 0.146 e. The maximum Gasteiger partial charge on any atom is 0.146 e. The first-order valence-corrected chi connectivity index (χ1v) is 7.05. The zero-order valence-corrected chi connectivity index (χ0v) is 11.5. The van der Waals surface area contributed by atoms with Crippen molar-refractivity contribution in [3.8, 4) is 0 Å². The van der Waals surface area contributed by atoms with Crippen molar-refractivity contribution >= 4 is 5.69 Å². The Bertz CT molecular complexity index is 399. The molecule has 1 aromatic rings. The van der Waals surface area contributed by atoms with Crippen molar-refractivity contribution in [1.82, 2.24) is 0 Å². The van der Waals surface area contributed by atoms with Gasteiger partial charge in [-0.05, 0) is 44.9 Å². The highest BCUT2D eigenvalue weighted by molar-refractivity contribution is 5.47. The van der Waals surface area contributed by atoms with Crippen molar-refractivity contribution in [3.05, 3.63) is 30.1 Å². The summed E-state index contributed by atoms with van der Waals surface area (Å²) in [6, 6.07) is 6.91. The van der Waals surface area contributed by atoms with Crippen molar-refractivity contribution < 1.29 is 9.13 Å². The van der Waals surface area contributed by atoms with Gasteiger partial charge in [-0.1, -0.05) is 12.1 Å². The molecule has 106 valence electrons. The molecule has 1 aromatic carbocycles. The zero-order chi connectivity index (χ0) is 13.7. The van der Waals surface area contributed by atoms with Crippen molar-refractivity contribution in [2.75, 3.05) is 24.5 Å². The maximum atomic E-state index is 13.9. The van der Waals surface area contributed by atoms with Crippen LogP contribution in [-0.4, -0.2) is 31.8 Å². The number of hydrogen-bond donors (Lipinski definition) is 1. The van der Waals surface area contributed by atoms with Gasteiger partial charge in [0.05, 0.1) is 17.9 Å². The highest BCUT2D eigenvalue weighted by Gasteiger charge is 2.24. The number of benzene rings is 1. The summed E-state index contributed by atoms with van der Waals surface area (Å²) >= 11 is 0. The molecule has 2 N–H and O–H groups in total. The number of ether oxygens (including phenoxy) is 1. The van der Waals surface area contributed by atoms with E-state index in [-0.39, 0.29) is 11.9 Å². The average Bonchev–Trinajstić information content (AvgIpc) is 2.81. The largest absolute Gasteiger partial charge is 0.373 e. The van der Waals surface area contributed by atoms with E-state index in [0.29, 0.717) is 18.3 Å². The third-order valence-corrected chi connectivity index (χ3v) is 3.57. The summed E-state index contributed by atoms with van der Waals surface area (Å²) in [6.45, 7) is 4.22. The van der Waals surface area contributed by atoms with Crippen LogP contribution in [0.3, 0.4) is 0 Å². The molecule has 2 atom stereocenters. The first-order chi connectivity index (χ1) is 9.20. The van der Waals surface area contributed by atoms with E-state index in [0.717, 1.165) is 32.4 Å². The molecule has 1 heterocycles. The monoisotopic (exact) mass is 266 g/mol. The second-order valence-corrected chi connectivity index (χ2v) is 5.19. The lowest BCUT2D eigenvalue weighted by atomic mass is 10.1. The van der Waals surface area contributed by atoms with Crippen LogP contribution < -0.4 is 10.6 Å². The summed E-state index contributed by atoms with van der Waals surface area (Å²) in [7, 11) is 0. The Kier molecular flexibility index (Phi) is 5.16. The van der Waals surface area contributed by atoms with E-state index in [4.69, 9.17) is 10.5 Å². The maximum absolute atomic E-state index is 13.9. The van der Waals surface area contributed by atoms with Crippen molar-refractivity contribution in [3.63, 3.8) is 0 Å². The molecule has 2 rings (SSSR count). The Labute approximate surface area is 114 Å². The Morgan fingerprint density at radius 1 is 1.37 bits per heavy atom. The molecule has 3 nitrogen and oxygen atoms in total. The molecular formula is C15H23FN2O. The van der Waals surface area contributed by atoms with Gasteiger partial charge in [-0.15, -0.1) is 0 Å². The molecule has 1 aliphatic rings. The van der Waals surface area contributed by atoms with E-state index in [2.05, 4.69) is 11.8 Å². The van der Waals surface area contributed by atoms with Crippen LogP contribution in [0.4, 0.5) is 10.1 Å². The topological polar surface area (TPSA) is 38.5 Å². The predicted octanol–water partition coefficient (Wildman–Crippen LogP) is 2.55. The minimum Gasteiger partial charge on any atom is -0.373 e. The van der Waals surface area contributed by atoms with Crippen molar-refractivity contribution in [1.29, 1.82) is 0 Å². The molecule has 4 heteroatoms. The molecule has 1 saturated heterocycles. The second-order valence-electron chi connectivity index (χ2n) is 5.19. The fourth-order valence-electron chi connectivity index (χ4n) is 2.57. The normalized spacial score (nSPS) is 22.7. The Morgan fingerprint density at radius 2 is 2.16 bits per heavy atom. The molecule has 1 aliphatic heterocycles. The van der Waals surface area contributed by atoms with Gasteiger partial charge in [0.25, 0.3) is 0 Å². The molecule has 0 radical (unpaired) electrons. The Hall–Kier alpha value is -1.13. The van der Waals surface area contributed by atoms with Crippen LogP contribution in [0, 0.1) is 5.82 Å². The number of hydrogen-bond acceptors (Lipinski definition) is 3. The highest BCUT2D eigenvalue weighted by Crippen LogP contribution is 2.24. The van der Waals surface area contributed by atoms with E-state index in [1.54, 1.807) is 6.07 Å². The summed E-state index contributed by atoms with van der Waals surface area (Å²) in [5.74, 6) is -0.175. The first kappa shape index (κ1) is 14.3. The number of rotatable bonds is 6. The van der Waals surface area contributed by atoms with Crippen LogP contribution in [-0.2, 0) is 4.74 Å². The lowest BCUT2D eigenvalue weighted by Gasteiger charge is -2.28. The van der Waals surface area contributed by atoms with E-state index in [9.17, 15) is 4.39 Å². The summed E-state index contributed by atoms with van der Waals surface area (Å²) in [5.41, 5.74) is 6.22. The van der Waals surface area contributed by atoms with Gasteiger partial charge in [-0.25, -0.2) is 4.39 Å². The fourth-order valence-corrected chi connectivity index (χ4v) is 2.57. The predicted molar refractivity (Wildman–Crippen MR) is 75.9 cm³/mol. The van der Waals surface area contributed by atoms with Gasteiger partial charge < -0.3 is 15.4 Å². The Balaban J connectivity index is 2.05. The molecule has 2 unspecified atom stereocenters. The summed E-state index contributed by atoms with van der Waals surface area (Å²) in [5, 5.41) is 0. The van der Waals surface area contributed by atoms with Gasteiger partial charge in [-0.3, -0.25) is 0 Å². The number of nitrogens with zero attached hydrogens (tertiary/aromatic N) is 1. The second kappa shape index (κ2) is 6.87. The van der Waals surface area contributed by atoms with E-state index >= 15 is 0 Å². The minimum atomic E-state index is -0.175. The van der Waals surface area contributed by atoms with Crippen LogP contribution in [0.25, 0.3) is 0 Å². The van der Waals surface area contributed by atoms with Crippen molar-refractivity contribution in [2.45, 2.75) is 38.4 Å². The number of para-hydroxylation sites is 1. The lowest BCUT2D eigenvalue weighted by molar-refractivity contribution is 0.0599. The quantitative estimate of drug-likeness (QED) is 0.860. The number of halogens is 1. The van der Waals surface area contributed by atoms with Crippen LogP contribution in [0.15, 0.2) is 24.3 Å². The van der Waals surface area contributed by atoms with Crippen LogP contribution in [0.2, 0.25) is 0 Å². The third-order valence-electron chi connectivity index (χ3n) is 3.57. The summed E-state index contributed by atoms with van der Waals surface area (Å²) < 4.78 is 19.7. The van der Waals surface area contributed by atoms with Gasteiger partial charge >= 0.3 is 0 Å². The van der Waals surface area contributed by atoms with Gasteiger partial charge in [0, 0.05) is 13.1 Å². The molecule has 0 aromatic heterocycles. The first-order valence-electron chi connectivity index (χ1n) is 7.05. The Morgan fingerprint density at radius 3 is 2.79 bits per heavy atom. The standard InChI is InChI=1S/C15H23FN2O/c1-12-7-8-13(19-12)11-18(10-4-9-17)15-6-3-2-5-14(15)16/h2-3,5-6,12-13H,4,7-11,17H2,1H3. The number of nitrogens with two attached hydrogens (primary N) is 1. The molecule has 1 fully saturated rings. The van der Waals surface area contributed by atoms with Crippen LogP contribution in [0.5, 0.6) is 0 Å². The molecule has 19 heavy (non-hydrogen) atoms. The van der Waals surface area contributed by atoms with Gasteiger partial charge in [0.2, 0.25) is 0 Å². The van der Waals surface area contributed by atoms with E-state index < -0.39 is 0 Å². The van der Waals surface area contributed by atoms with Crippen LogP contribution in [0.1, 0.15) is 26.2 Å². The SMILES string of the molecule is CC1CCC(CN(CCCN)c2ccccc2F)O1.